The lowest BCUT2D eigenvalue weighted by molar-refractivity contribution is 1.57. The summed E-state index contributed by atoms with van der Waals surface area (Å²) < 4.78 is 0. The third-order valence-corrected chi connectivity index (χ3v) is 0.474. The molecule has 0 amide bonds. The molecule has 0 aromatic heterocycles. The molecule has 1 nitrogen and oxygen atoms in total. The standard InChI is InChI=1S/C3H5N/c1-3-2-4-3/h2H2,1H3. The van der Waals surface area contributed by atoms with Gasteiger partial charge in [-0.15, -0.1) is 0 Å². The van der Waals surface area contributed by atoms with Crippen molar-refractivity contribution in [1.82, 2.24) is 0 Å². The first-order chi connectivity index (χ1) is 1.89. The van der Waals surface area contributed by atoms with Gasteiger partial charge in [0.25, 0.3) is 0 Å². The lowest BCUT2D eigenvalue weighted by Gasteiger charge is -1.39. The molecule has 1 heterocycles. The summed E-state index contributed by atoms with van der Waals surface area (Å²) in [7, 11) is 0. The van der Waals surface area contributed by atoms with E-state index in [2.05, 4.69) is 4.99 Å². The number of rotatable bonds is 0. The SMILES string of the molecule is CC1=NC1. The molecule has 0 spiro atoms. The van der Waals surface area contributed by atoms with Crippen LogP contribution in [-0.4, -0.2) is 12.3 Å². The van der Waals surface area contributed by atoms with Gasteiger partial charge in [-0.05, 0) is 6.92 Å². The molecule has 0 bridgehead atoms. The van der Waals surface area contributed by atoms with Crippen molar-refractivity contribution in [3.63, 3.8) is 0 Å². The van der Waals surface area contributed by atoms with Crippen LogP contribution in [-0.2, 0) is 0 Å². The van der Waals surface area contributed by atoms with Crippen LogP contribution in [0.15, 0.2) is 4.99 Å². The van der Waals surface area contributed by atoms with Gasteiger partial charge < -0.3 is 0 Å². The van der Waals surface area contributed by atoms with Crippen LogP contribution >= 0.6 is 0 Å². The second-order valence-corrected chi connectivity index (χ2v) is 1.05. The predicted octanol–water partition coefficient (Wildman–Crippen LogP) is 0.461. The predicted molar refractivity (Wildman–Crippen MR) is 18.0 cm³/mol. The molecule has 0 aromatic rings. The van der Waals surface area contributed by atoms with Gasteiger partial charge in [0.1, 0.15) is 0 Å². The van der Waals surface area contributed by atoms with Crippen LogP contribution in [0.5, 0.6) is 0 Å². The highest BCUT2D eigenvalue weighted by molar-refractivity contribution is 5.94. The summed E-state index contributed by atoms with van der Waals surface area (Å²) in [4.78, 5) is 3.82. The van der Waals surface area contributed by atoms with Crippen molar-refractivity contribution in [3.05, 3.63) is 0 Å². The fourth-order valence-electron chi connectivity index (χ4n) is 0.0791. The Morgan fingerprint density at radius 1 is 2.00 bits per heavy atom. The first kappa shape index (κ1) is 1.94. The van der Waals surface area contributed by atoms with Gasteiger partial charge in [-0.3, -0.25) is 4.99 Å². The topological polar surface area (TPSA) is 12.4 Å². The van der Waals surface area contributed by atoms with Gasteiger partial charge in [0.15, 0.2) is 0 Å². The van der Waals surface area contributed by atoms with Crippen molar-refractivity contribution in [2.45, 2.75) is 6.92 Å². The van der Waals surface area contributed by atoms with Gasteiger partial charge in [0.2, 0.25) is 0 Å². The molecule has 4 heavy (non-hydrogen) atoms. The first-order valence-electron chi connectivity index (χ1n) is 1.39. The maximum atomic E-state index is 3.82. The Labute approximate surface area is 25.4 Å². The minimum Gasteiger partial charge on any atom is -0.286 e. The number of nitrogens with zero attached hydrogens (tertiary/aromatic N) is 1. The molecule has 0 saturated heterocycles. The Morgan fingerprint density at radius 3 is 2.25 bits per heavy atom. The Bertz CT molecular complexity index is 54.3. The zero-order valence-electron chi connectivity index (χ0n) is 2.65. The van der Waals surface area contributed by atoms with Crippen LogP contribution in [0.1, 0.15) is 6.92 Å². The van der Waals surface area contributed by atoms with Gasteiger partial charge in [-0.25, -0.2) is 0 Å². The van der Waals surface area contributed by atoms with Crippen LogP contribution in [0.3, 0.4) is 0 Å². The third kappa shape index (κ3) is 0.105. The Hall–Kier alpha value is -0.330. The zero-order chi connectivity index (χ0) is 2.99. The largest absolute Gasteiger partial charge is 0.286 e. The average Bonchev–Trinajstić information content (AvgIpc) is 1.75. The van der Waals surface area contributed by atoms with Crippen LogP contribution < -0.4 is 0 Å². The van der Waals surface area contributed by atoms with Crippen molar-refractivity contribution in [1.29, 1.82) is 0 Å². The monoisotopic (exact) mass is 55.0 g/mol. The molecular formula is C3H5N. The van der Waals surface area contributed by atoms with Crippen molar-refractivity contribution in [2.24, 2.45) is 4.99 Å². The molecule has 0 saturated carbocycles. The number of hydrogen-bond acceptors (Lipinski definition) is 1. The van der Waals surface area contributed by atoms with Gasteiger partial charge in [0, 0.05) is 5.71 Å². The van der Waals surface area contributed by atoms with E-state index in [-0.39, 0.29) is 0 Å². The summed E-state index contributed by atoms with van der Waals surface area (Å²) in [5.74, 6) is 0. The van der Waals surface area contributed by atoms with Crippen LogP contribution in [0, 0.1) is 0 Å². The van der Waals surface area contributed by atoms with Crippen LogP contribution in [0.4, 0.5) is 0 Å². The van der Waals surface area contributed by atoms with Crippen LogP contribution in [0.2, 0.25) is 0 Å². The minimum absolute atomic E-state index is 1.03. The number of hydrogen-bond donors (Lipinski definition) is 0. The fourth-order valence-corrected chi connectivity index (χ4v) is 0.0791. The molecule has 0 radical (unpaired) electrons. The maximum Gasteiger partial charge on any atom is 0.0765 e. The van der Waals surface area contributed by atoms with Crippen LogP contribution in [0.25, 0.3) is 0 Å². The van der Waals surface area contributed by atoms with Crippen molar-refractivity contribution < 1.29 is 0 Å². The molecule has 0 aliphatic carbocycles. The van der Waals surface area contributed by atoms with Crippen molar-refractivity contribution >= 4 is 5.71 Å². The van der Waals surface area contributed by atoms with Gasteiger partial charge in [0.05, 0.1) is 6.54 Å². The zero-order valence-corrected chi connectivity index (χ0v) is 2.65. The van der Waals surface area contributed by atoms with Gasteiger partial charge >= 0.3 is 0 Å². The van der Waals surface area contributed by atoms with Crippen molar-refractivity contribution in [2.75, 3.05) is 6.54 Å². The van der Waals surface area contributed by atoms with Gasteiger partial charge in [-0.1, -0.05) is 0 Å². The molecule has 22 valence electrons. The summed E-state index contributed by atoms with van der Waals surface area (Å²) in [5.41, 5.74) is 1.29. The molecule has 0 unspecified atom stereocenters. The summed E-state index contributed by atoms with van der Waals surface area (Å²) in [6, 6.07) is 0. The first-order valence-corrected chi connectivity index (χ1v) is 1.39. The maximum absolute atomic E-state index is 3.82. The van der Waals surface area contributed by atoms with E-state index in [1.165, 1.54) is 5.71 Å². The highest BCUT2D eigenvalue weighted by Gasteiger charge is 1.96. The Kier molecular flexibility index (Phi) is 0.166. The van der Waals surface area contributed by atoms with E-state index in [9.17, 15) is 0 Å². The highest BCUT2D eigenvalue weighted by Crippen LogP contribution is 1.90. The molecule has 0 atom stereocenters. The summed E-state index contributed by atoms with van der Waals surface area (Å²) in [6.45, 7) is 3.06. The molecule has 1 aliphatic heterocycles. The molecule has 1 rings (SSSR count). The summed E-state index contributed by atoms with van der Waals surface area (Å²) in [6.07, 6.45) is 0. The third-order valence-electron chi connectivity index (χ3n) is 0.474. The lowest BCUT2D eigenvalue weighted by Crippen LogP contribution is -1.58. The molecule has 1 heteroatoms. The van der Waals surface area contributed by atoms with E-state index in [4.69, 9.17) is 0 Å². The van der Waals surface area contributed by atoms with Crippen molar-refractivity contribution in [3.8, 4) is 0 Å². The molecule has 0 N–H and O–H groups in total. The van der Waals surface area contributed by atoms with E-state index in [1.807, 2.05) is 6.92 Å². The smallest absolute Gasteiger partial charge is 0.0765 e. The Balaban J connectivity index is 2.54. The average molecular weight is 55.1 g/mol. The second-order valence-electron chi connectivity index (χ2n) is 1.05. The minimum atomic E-state index is 1.03. The molecule has 0 fully saturated rings. The normalized spacial score (nSPS) is 19.8. The quantitative estimate of drug-likeness (QED) is 0.381. The number of aliphatic imine (C=N–C) groups is 1. The molecule has 1 aliphatic rings. The van der Waals surface area contributed by atoms with E-state index < -0.39 is 0 Å². The van der Waals surface area contributed by atoms with E-state index in [1.54, 1.807) is 0 Å². The molecular weight excluding hydrogens is 50.0 g/mol. The van der Waals surface area contributed by atoms with E-state index in [0.29, 0.717) is 0 Å². The molecule has 0 aromatic carbocycles. The second kappa shape index (κ2) is 0.341. The lowest BCUT2D eigenvalue weighted by atomic mass is 10.6. The summed E-state index contributed by atoms with van der Waals surface area (Å²) in [5, 5.41) is 0. The fraction of sp³-hybridized carbons (Fsp3) is 0.667. The highest BCUT2D eigenvalue weighted by atomic mass is 14.9. The Morgan fingerprint density at radius 2 is 2.25 bits per heavy atom. The van der Waals surface area contributed by atoms with E-state index >= 15 is 0 Å². The van der Waals surface area contributed by atoms with E-state index in [0.717, 1.165) is 6.54 Å². The summed E-state index contributed by atoms with van der Waals surface area (Å²) >= 11 is 0. The van der Waals surface area contributed by atoms with Gasteiger partial charge in [-0.2, -0.15) is 0 Å².